The van der Waals surface area contributed by atoms with Crippen LogP contribution < -0.4 is 11.1 Å². The first-order valence-corrected chi connectivity index (χ1v) is 6.85. The van der Waals surface area contributed by atoms with Gasteiger partial charge in [-0.15, -0.1) is 0 Å². The molecule has 1 saturated carbocycles. The molecule has 0 radical (unpaired) electrons. The van der Waals surface area contributed by atoms with Crippen LogP contribution in [0.15, 0.2) is 24.3 Å². The molecule has 2 nitrogen and oxygen atoms in total. The fourth-order valence-electron chi connectivity index (χ4n) is 2.90. The van der Waals surface area contributed by atoms with Gasteiger partial charge in [0.1, 0.15) is 0 Å². The molecule has 0 aromatic heterocycles. The summed E-state index contributed by atoms with van der Waals surface area (Å²) in [5.41, 5.74) is 8.71. The summed E-state index contributed by atoms with van der Waals surface area (Å²) >= 11 is 0. The Morgan fingerprint density at radius 2 is 2.00 bits per heavy atom. The molecule has 1 aromatic rings. The number of hydrogen-bond acceptors (Lipinski definition) is 2. The number of benzene rings is 1. The van der Waals surface area contributed by atoms with Crippen molar-refractivity contribution in [3.05, 3.63) is 35.4 Å². The molecule has 0 spiro atoms. The van der Waals surface area contributed by atoms with Crippen molar-refractivity contribution in [2.75, 3.05) is 6.54 Å². The molecule has 1 fully saturated rings. The maximum Gasteiger partial charge on any atom is 0.0210 e. The summed E-state index contributed by atoms with van der Waals surface area (Å²) in [5.74, 6) is 0.684. The lowest BCUT2D eigenvalue weighted by molar-refractivity contribution is 0.406. The van der Waals surface area contributed by atoms with E-state index in [0.29, 0.717) is 12.0 Å². The van der Waals surface area contributed by atoms with Gasteiger partial charge in [-0.25, -0.2) is 0 Å². The Balaban J connectivity index is 1.93. The van der Waals surface area contributed by atoms with E-state index in [1.165, 1.54) is 30.4 Å². The molecule has 0 amide bonds. The first kappa shape index (κ1) is 12.6. The highest BCUT2D eigenvalue weighted by molar-refractivity contribution is 5.26. The molecule has 1 aliphatic rings. The van der Waals surface area contributed by atoms with E-state index in [0.717, 1.165) is 19.5 Å². The predicted octanol–water partition coefficient (Wildman–Crippen LogP) is 2.47. The topological polar surface area (TPSA) is 38.0 Å². The largest absolute Gasteiger partial charge is 0.330 e. The molecule has 2 atom stereocenters. The molecule has 3 N–H and O–H groups in total. The Labute approximate surface area is 105 Å². The molecule has 1 aliphatic carbocycles. The third-order valence-corrected chi connectivity index (χ3v) is 4.02. The minimum Gasteiger partial charge on any atom is -0.330 e. The van der Waals surface area contributed by atoms with Crippen LogP contribution in [-0.2, 0) is 13.0 Å². The molecule has 0 bridgehead atoms. The van der Waals surface area contributed by atoms with Gasteiger partial charge in [0.25, 0.3) is 0 Å². The Bertz CT molecular complexity index is 349. The van der Waals surface area contributed by atoms with Crippen molar-refractivity contribution in [2.45, 2.75) is 45.2 Å². The standard InChI is InChI=1S/C15H24N2/c1-2-12-6-3-4-7-14(12)11-17-15-9-5-8-13(15)10-16/h3-4,6-7,13,15,17H,2,5,8-11,16H2,1H3. The monoisotopic (exact) mass is 232 g/mol. The normalized spacial score (nSPS) is 24.1. The first-order chi connectivity index (χ1) is 8.35. The lowest BCUT2D eigenvalue weighted by Crippen LogP contribution is -2.35. The third kappa shape index (κ3) is 3.08. The maximum absolute atomic E-state index is 5.81. The summed E-state index contributed by atoms with van der Waals surface area (Å²) in [6.07, 6.45) is 5.03. The number of rotatable bonds is 5. The van der Waals surface area contributed by atoms with Crippen LogP contribution in [0.5, 0.6) is 0 Å². The van der Waals surface area contributed by atoms with E-state index in [9.17, 15) is 0 Å². The highest BCUT2D eigenvalue weighted by Gasteiger charge is 2.25. The van der Waals surface area contributed by atoms with Crippen LogP contribution in [0.4, 0.5) is 0 Å². The van der Waals surface area contributed by atoms with Crippen LogP contribution in [0.25, 0.3) is 0 Å². The van der Waals surface area contributed by atoms with E-state index in [2.05, 4.69) is 36.5 Å². The highest BCUT2D eigenvalue weighted by Crippen LogP contribution is 2.25. The molecule has 0 heterocycles. The summed E-state index contributed by atoms with van der Waals surface area (Å²) in [5, 5.41) is 3.69. The van der Waals surface area contributed by atoms with Gasteiger partial charge in [-0.2, -0.15) is 0 Å². The van der Waals surface area contributed by atoms with Crippen molar-refractivity contribution in [3.8, 4) is 0 Å². The van der Waals surface area contributed by atoms with E-state index >= 15 is 0 Å². The van der Waals surface area contributed by atoms with Gasteiger partial charge in [0.2, 0.25) is 0 Å². The molecule has 2 heteroatoms. The Morgan fingerprint density at radius 3 is 2.71 bits per heavy atom. The molecule has 2 unspecified atom stereocenters. The van der Waals surface area contributed by atoms with Crippen molar-refractivity contribution in [1.82, 2.24) is 5.32 Å². The summed E-state index contributed by atoms with van der Waals surface area (Å²) in [7, 11) is 0. The predicted molar refractivity (Wildman–Crippen MR) is 72.8 cm³/mol. The van der Waals surface area contributed by atoms with Crippen LogP contribution in [0.2, 0.25) is 0 Å². The van der Waals surface area contributed by atoms with Crippen LogP contribution in [0, 0.1) is 5.92 Å². The average molecular weight is 232 g/mol. The summed E-state index contributed by atoms with van der Waals surface area (Å²) in [6.45, 7) is 4.04. The van der Waals surface area contributed by atoms with Crippen LogP contribution in [0.1, 0.15) is 37.3 Å². The molecule has 1 aromatic carbocycles. The highest BCUT2D eigenvalue weighted by atomic mass is 14.9. The Morgan fingerprint density at radius 1 is 1.24 bits per heavy atom. The van der Waals surface area contributed by atoms with Crippen molar-refractivity contribution in [3.63, 3.8) is 0 Å². The fraction of sp³-hybridized carbons (Fsp3) is 0.600. The van der Waals surface area contributed by atoms with Crippen molar-refractivity contribution in [2.24, 2.45) is 11.7 Å². The molecule has 0 saturated heterocycles. The second kappa shape index (κ2) is 6.18. The minimum absolute atomic E-state index is 0.630. The zero-order valence-electron chi connectivity index (χ0n) is 10.8. The Kier molecular flexibility index (Phi) is 4.57. The molecule has 2 rings (SSSR count). The average Bonchev–Trinajstić information content (AvgIpc) is 2.84. The molecular formula is C15H24N2. The summed E-state index contributed by atoms with van der Waals surface area (Å²) < 4.78 is 0. The number of nitrogens with one attached hydrogen (secondary N) is 1. The van der Waals surface area contributed by atoms with Gasteiger partial charge in [-0.05, 0) is 42.9 Å². The van der Waals surface area contributed by atoms with Gasteiger partial charge in [0.05, 0.1) is 0 Å². The van der Waals surface area contributed by atoms with Crippen molar-refractivity contribution < 1.29 is 0 Å². The lowest BCUT2D eigenvalue weighted by Gasteiger charge is -2.20. The molecule has 0 aliphatic heterocycles. The second-order valence-corrected chi connectivity index (χ2v) is 5.04. The first-order valence-electron chi connectivity index (χ1n) is 6.85. The number of hydrogen-bond donors (Lipinski definition) is 2. The number of aryl methyl sites for hydroxylation is 1. The van der Waals surface area contributed by atoms with Crippen LogP contribution in [-0.4, -0.2) is 12.6 Å². The van der Waals surface area contributed by atoms with Gasteiger partial charge >= 0.3 is 0 Å². The minimum atomic E-state index is 0.630. The second-order valence-electron chi connectivity index (χ2n) is 5.04. The van der Waals surface area contributed by atoms with E-state index in [1.807, 2.05) is 0 Å². The maximum atomic E-state index is 5.81. The van der Waals surface area contributed by atoms with E-state index in [4.69, 9.17) is 5.73 Å². The lowest BCUT2D eigenvalue weighted by atomic mass is 10.0. The number of nitrogens with two attached hydrogens (primary N) is 1. The van der Waals surface area contributed by atoms with E-state index in [1.54, 1.807) is 0 Å². The summed E-state index contributed by atoms with van der Waals surface area (Å²) in [4.78, 5) is 0. The fourth-order valence-corrected chi connectivity index (χ4v) is 2.90. The molecule has 17 heavy (non-hydrogen) atoms. The van der Waals surface area contributed by atoms with Gasteiger partial charge < -0.3 is 11.1 Å². The zero-order chi connectivity index (χ0) is 12.1. The van der Waals surface area contributed by atoms with E-state index in [-0.39, 0.29) is 0 Å². The van der Waals surface area contributed by atoms with Crippen LogP contribution >= 0.6 is 0 Å². The SMILES string of the molecule is CCc1ccccc1CNC1CCCC1CN. The summed E-state index contributed by atoms with van der Waals surface area (Å²) in [6, 6.07) is 9.35. The van der Waals surface area contributed by atoms with Crippen LogP contribution in [0.3, 0.4) is 0 Å². The quantitative estimate of drug-likeness (QED) is 0.818. The van der Waals surface area contributed by atoms with Gasteiger partial charge in [0.15, 0.2) is 0 Å². The van der Waals surface area contributed by atoms with E-state index < -0.39 is 0 Å². The smallest absolute Gasteiger partial charge is 0.0210 e. The molecular weight excluding hydrogens is 208 g/mol. The zero-order valence-corrected chi connectivity index (χ0v) is 10.8. The van der Waals surface area contributed by atoms with Gasteiger partial charge in [0, 0.05) is 12.6 Å². The molecule has 94 valence electrons. The van der Waals surface area contributed by atoms with Gasteiger partial charge in [-0.1, -0.05) is 37.6 Å². The van der Waals surface area contributed by atoms with Crippen molar-refractivity contribution >= 4 is 0 Å². The third-order valence-electron chi connectivity index (χ3n) is 4.02. The Hall–Kier alpha value is -0.860. The van der Waals surface area contributed by atoms with Crippen molar-refractivity contribution in [1.29, 1.82) is 0 Å². The van der Waals surface area contributed by atoms with Gasteiger partial charge in [-0.3, -0.25) is 0 Å².